The van der Waals surface area contributed by atoms with Crippen molar-refractivity contribution in [3.8, 4) is 50.3 Å². The molecule has 0 atom stereocenters. The summed E-state index contributed by atoms with van der Waals surface area (Å²) in [4.78, 5) is 4.95. The van der Waals surface area contributed by atoms with Crippen molar-refractivity contribution in [3.63, 3.8) is 0 Å². The van der Waals surface area contributed by atoms with E-state index >= 15 is 0 Å². The Bertz CT molecular complexity index is 4910. The molecule has 87 heavy (non-hydrogen) atoms. The van der Waals surface area contributed by atoms with E-state index in [2.05, 4.69) is 330 Å². The number of para-hydroxylation sites is 3. The number of fused-ring (bicyclic) bond motifs is 3. The summed E-state index contributed by atoms with van der Waals surface area (Å²) in [5.41, 5.74) is 23.7. The largest absolute Gasteiger partial charge is 0.459 e. The average Bonchev–Trinajstić information content (AvgIpc) is 2.78. The summed E-state index contributed by atoms with van der Waals surface area (Å²) < 4.78 is 14.4. The fourth-order valence-corrected chi connectivity index (χ4v) is 12.8. The summed E-state index contributed by atoms with van der Waals surface area (Å²) in [6.45, 7) is 12.7. The maximum atomic E-state index is 7.22. The summed E-state index contributed by atoms with van der Waals surface area (Å²) in [5.74, 6) is 1.63. The number of furan rings is 1. The normalized spacial score (nSPS) is 12.3. The Morgan fingerprint density at radius 2 is 0.954 bits per heavy atom. The third kappa shape index (κ3) is 10.1. The summed E-state index contributed by atoms with van der Waals surface area (Å²) in [5, 5.41) is 6.87. The number of aryl methyl sites for hydroxylation is 2. The highest BCUT2D eigenvalue weighted by molar-refractivity contribution is 6.20. The van der Waals surface area contributed by atoms with Crippen LogP contribution in [0.15, 0.2) is 294 Å². The molecule has 1 aliphatic rings. The second kappa shape index (κ2) is 23.1. The van der Waals surface area contributed by atoms with E-state index in [9.17, 15) is 0 Å². The second-order valence-corrected chi connectivity index (χ2v) is 23.1. The third-order valence-corrected chi connectivity index (χ3v) is 17.2. The molecule has 0 fully saturated rings. The van der Waals surface area contributed by atoms with E-state index in [1.165, 1.54) is 27.3 Å². The predicted molar refractivity (Wildman–Crippen MR) is 370 cm³/mol. The van der Waals surface area contributed by atoms with Crippen molar-refractivity contribution in [2.75, 3.05) is 9.80 Å². The van der Waals surface area contributed by atoms with Crippen molar-refractivity contribution in [3.05, 3.63) is 312 Å². The van der Waals surface area contributed by atoms with Crippen LogP contribution in [0, 0.1) is 13.8 Å². The zero-order valence-electron chi connectivity index (χ0n) is 50.0. The van der Waals surface area contributed by atoms with Gasteiger partial charge < -0.3 is 19.0 Å². The molecular weight excluding hydrogens is 1060 g/mol. The van der Waals surface area contributed by atoms with Crippen molar-refractivity contribution >= 4 is 83.7 Å². The molecule has 0 unspecified atom stereocenters. The van der Waals surface area contributed by atoms with Crippen LogP contribution in [0.25, 0.3) is 94.1 Å². The van der Waals surface area contributed by atoms with E-state index < -0.39 is 0 Å². The van der Waals surface area contributed by atoms with Crippen LogP contribution in [-0.2, 0) is 6.42 Å². The molecule has 0 aliphatic heterocycles. The fraction of sp³-hybridized carbons (Fsp3) is 0.0843. The minimum atomic E-state index is 0.685. The molecule has 0 amide bonds. The van der Waals surface area contributed by atoms with E-state index in [1.807, 2.05) is 0 Å². The molecule has 4 nitrogen and oxygen atoms in total. The summed E-state index contributed by atoms with van der Waals surface area (Å²) in [6, 6.07) is 90.5. The van der Waals surface area contributed by atoms with Crippen LogP contribution in [0.2, 0.25) is 0 Å². The highest BCUT2D eigenvalue weighted by Gasteiger charge is 2.30. The van der Waals surface area contributed by atoms with E-state index in [4.69, 9.17) is 9.15 Å². The maximum Gasteiger partial charge on any atom is 0.159 e. The maximum absolute atomic E-state index is 7.22. The molecule has 1 aromatic heterocycles. The molecule has 0 spiro atoms. The van der Waals surface area contributed by atoms with Gasteiger partial charge in [0.05, 0.1) is 34.1 Å². The van der Waals surface area contributed by atoms with E-state index in [-0.39, 0.29) is 0 Å². The van der Waals surface area contributed by atoms with Gasteiger partial charge >= 0.3 is 0 Å². The minimum Gasteiger partial charge on any atom is -0.459 e. The lowest BCUT2D eigenvalue weighted by molar-refractivity contribution is 0.421. The van der Waals surface area contributed by atoms with Gasteiger partial charge in [-0.25, -0.2) is 0 Å². The molecule has 12 aromatic carbocycles. The molecule has 1 aliphatic carbocycles. The van der Waals surface area contributed by atoms with E-state index in [0.29, 0.717) is 6.42 Å². The number of hydrogen-bond donors (Lipinski definition) is 0. The van der Waals surface area contributed by atoms with Gasteiger partial charge in [0.15, 0.2) is 11.3 Å². The SMILES string of the molecule is CC(C)=C/C=C\C(C)=C(/C)Oc1c(C)cccc1N(c1ccc(-c2ccccc2)cc1-c1ccccc1)c1ccc2ccc3c(N(c4ccc(-c5ccccc5)cc4-c4ccccc4)c4cccc5c4oc4c(C)cccc45)ccc4c3c2c1CC=C4. The van der Waals surface area contributed by atoms with Crippen LogP contribution in [0.5, 0.6) is 5.75 Å². The third-order valence-electron chi connectivity index (χ3n) is 17.2. The monoisotopic (exact) mass is 1120 g/mol. The first kappa shape index (κ1) is 54.3. The minimum absolute atomic E-state index is 0.685. The van der Waals surface area contributed by atoms with Gasteiger partial charge in [-0.15, -0.1) is 0 Å². The Kier molecular flexibility index (Phi) is 14.4. The standard InChI is InChI=1S/C83H66N2O2/c1-54(2)24-19-25-55(3)58(6)86-82-57(5)27-21-40-77(82)84(75-50-45-65(59-28-11-7-12-29-59)52-71(75)61-32-15-9-16-33-61)73-49-44-64-42-47-70-74(48-43-63-36-22-39-69(73)80(64)79(63)70)85(78-41-23-38-68-67-37-20-26-56(4)81(67)87-83(68)78)76-51-46-66(60-30-13-8-14-31-60)53-72(76)62-34-17-10-18-35-62/h7-38,40-53H,39H2,1-6H3/b25-19-,58-55+. The van der Waals surface area contributed by atoms with Crippen molar-refractivity contribution in [2.24, 2.45) is 0 Å². The summed E-state index contributed by atoms with van der Waals surface area (Å²) in [6.07, 6.45) is 11.7. The molecule has 0 bridgehead atoms. The van der Waals surface area contributed by atoms with Gasteiger partial charge in [-0.3, -0.25) is 0 Å². The van der Waals surface area contributed by atoms with Crippen LogP contribution in [0.1, 0.15) is 49.9 Å². The lowest BCUT2D eigenvalue weighted by atomic mass is 9.91. The van der Waals surface area contributed by atoms with Crippen molar-refractivity contribution in [1.29, 1.82) is 0 Å². The van der Waals surface area contributed by atoms with E-state index in [0.717, 1.165) is 140 Å². The highest BCUT2D eigenvalue weighted by atomic mass is 16.5. The first-order chi connectivity index (χ1) is 42.7. The average molecular weight is 1120 g/mol. The molecule has 14 rings (SSSR count). The van der Waals surface area contributed by atoms with E-state index in [1.54, 1.807) is 0 Å². The molecule has 13 aromatic rings. The Balaban J connectivity index is 1.06. The smallest absolute Gasteiger partial charge is 0.159 e. The number of ether oxygens (including phenoxy) is 1. The van der Waals surface area contributed by atoms with Crippen LogP contribution in [-0.4, -0.2) is 0 Å². The summed E-state index contributed by atoms with van der Waals surface area (Å²) >= 11 is 0. The topological polar surface area (TPSA) is 28.9 Å². The van der Waals surface area contributed by atoms with Crippen molar-refractivity contribution < 1.29 is 9.15 Å². The van der Waals surface area contributed by atoms with Gasteiger partial charge in [0.25, 0.3) is 0 Å². The number of rotatable bonds is 14. The van der Waals surface area contributed by atoms with Gasteiger partial charge in [0, 0.05) is 27.3 Å². The van der Waals surface area contributed by atoms with Crippen molar-refractivity contribution in [2.45, 2.75) is 48.0 Å². The van der Waals surface area contributed by atoms with Crippen molar-refractivity contribution in [1.82, 2.24) is 0 Å². The lowest BCUT2D eigenvalue weighted by Crippen LogP contribution is -2.15. The zero-order valence-corrected chi connectivity index (χ0v) is 50.0. The molecule has 0 N–H and O–H groups in total. The second-order valence-electron chi connectivity index (χ2n) is 23.1. The molecule has 0 radical (unpaired) electrons. The van der Waals surface area contributed by atoms with Gasteiger partial charge in [-0.2, -0.15) is 0 Å². The Hall–Kier alpha value is -10.7. The Morgan fingerprint density at radius 1 is 0.425 bits per heavy atom. The quantitative estimate of drug-likeness (QED) is 0.0616. The molecule has 4 heteroatoms. The van der Waals surface area contributed by atoms with Gasteiger partial charge in [-0.05, 0) is 174 Å². The lowest BCUT2D eigenvalue weighted by Gasteiger charge is -2.33. The fourth-order valence-electron chi connectivity index (χ4n) is 12.8. The zero-order chi connectivity index (χ0) is 59.1. The predicted octanol–water partition coefficient (Wildman–Crippen LogP) is 23.9. The van der Waals surface area contributed by atoms with Gasteiger partial charge in [0.1, 0.15) is 11.3 Å². The number of allylic oxidation sites excluding steroid dienone is 7. The molecule has 0 saturated heterocycles. The first-order valence-electron chi connectivity index (χ1n) is 30.1. The van der Waals surface area contributed by atoms with Crippen LogP contribution in [0.3, 0.4) is 0 Å². The highest BCUT2D eigenvalue weighted by Crippen LogP contribution is 2.53. The number of nitrogens with zero attached hydrogens (tertiary/aromatic N) is 2. The molecule has 420 valence electrons. The Labute approximate surface area is 510 Å². The van der Waals surface area contributed by atoms with Crippen LogP contribution >= 0.6 is 0 Å². The van der Waals surface area contributed by atoms with Crippen LogP contribution < -0.4 is 14.5 Å². The Morgan fingerprint density at radius 3 is 1.59 bits per heavy atom. The number of hydrogen-bond acceptors (Lipinski definition) is 4. The number of benzene rings is 12. The number of anilines is 6. The van der Waals surface area contributed by atoms with Crippen LogP contribution in [0.4, 0.5) is 34.1 Å². The molecule has 0 saturated carbocycles. The van der Waals surface area contributed by atoms with Gasteiger partial charge in [-0.1, -0.05) is 236 Å². The van der Waals surface area contributed by atoms with Gasteiger partial charge in [0.2, 0.25) is 0 Å². The molecule has 1 heterocycles. The summed E-state index contributed by atoms with van der Waals surface area (Å²) in [7, 11) is 0. The first-order valence-corrected chi connectivity index (χ1v) is 30.1. The molecular formula is C83H66N2O2.